The van der Waals surface area contributed by atoms with Crippen LogP contribution in [0.1, 0.15) is 18.2 Å². The summed E-state index contributed by atoms with van der Waals surface area (Å²) in [6, 6.07) is 9.97. The van der Waals surface area contributed by atoms with Gasteiger partial charge in [0.05, 0.1) is 18.7 Å². The number of hydrogen-bond acceptors (Lipinski definition) is 5. The third-order valence-electron chi connectivity index (χ3n) is 2.96. The van der Waals surface area contributed by atoms with Crippen molar-refractivity contribution in [2.24, 2.45) is 0 Å². The van der Waals surface area contributed by atoms with Crippen LogP contribution >= 0.6 is 11.3 Å². The highest BCUT2D eigenvalue weighted by Crippen LogP contribution is 2.16. The fourth-order valence-corrected chi connectivity index (χ4v) is 2.61. The number of nitrogens with one attached hydrogen (secondary N) is 2. The first-order valence-corrected chi connectivity index (χ1v) is 8.24. The van der Waals surface area contributed by atoms with Crippen LogP contribution in [0.5, 0.6) is 0 Å². The summed E-state index contributed by atoms with van der Waals surface area (Å²) < 4.78 is 4.77. The molecule has 0 radical (unpaired) electrons. The van der Waals surface area contributed by atoms with Gasteiger partial charge in [-0.3, -0.25) is 10.1 Å². The Hall–Kier alpha value is -2.41. The van der Waals surface area contributed by atoms with Gasteiger partial charge in [-0.25, -0.2) is 9.78 Å². The molecule has 23 heavy (non-hydrogen) atoms. The van der Waals surface area contributed by atoms with Crippen molar-refractivity contribution in [1.82, 2.24) is 10.3 Å². The third kappa shape index (κ3) is 6.07. The zero-order chi connectivity index (χ0) is 16.5. The summed E-state index contributed by atoms with van der Waals surface area (Å²) in [5.41, 5.74) is 1.81. The molecule has 0 bridgehead atoms. The first-order chi connectivity index (χ1) is 11.2. The number of amides is 2. The van der Waals surface area contributed by atoms with E-state index in [1.54, 1.807) is 12.3 Å². The maximum absolute atomic E-state index is 11.9. The van der Waals surface area contributed by atoms with Crippen molar-refractivity contribution in [3.63, 3.8) is 0 Å². The lowest BCUT2D eigenvalue weighted by Gasteiger charge is -2.04. The van der Waals surface area contributed by atoms with Crippen molar-refractivity contribution in [1.29, 1.82) is 0 Å². The Labute approximate surface area is 138 Å². The zero-order valence-corrected chi connectivity index (χ0v) is 13.7. The average Bonchev–Trinajstić information content (AvgIpc) is 2.95. The molecule has 1 aromatic carbocycles. The maximum Gasteiger partial charge on any atom is 0.413 e. The van der Waals surface area contributed by atoms with Crippen LogP contribution in [0, 0.1) is 0 Å². The highest BCUT2D eigenvalue weighted by molar-refractivity contribution is 7.13. The fraction of sp³-hybridized carbons (Fsp3) is 0.312. The maximum atomic E-state index is 11.9. The highest BCUT2D eigenvalue weighted by Gasteiger charge is 2.10. The van der Waals surface area contributed by atoms with Gasteiger partial charge < -0.3 is 10.1 Å². The first-order valence-electron chi connectivity index (χ1n) is 7.36. The molecule has 0 spiro atoms. The number of ether oxygens (including phenoxy) is 1. The summed E-state index contributed by atoms with van der Waals surface area (Å²) >= 11 is 1.26. The van der Waals surface area contributed by atoms with Gasteiger partial charge in [-0.15, -0.1) is 11.3 Å². The Morgan fingerprint density at radius 3 is 2.78 bits per heavy atom. The second-order valence-electron chi connectivity index (χ2n) is 4.75. The zero-order valence-electron chi connectivity index (χ0n) is 12.9. The second kappa shape index (κ2) is 8.89. The lowest BCUT2D eigenvalue weighted by atomic mass is 10.1. The second-order valence-corrected chi connectivity index (χ2v) is 5.61. The Morgan fingerprint density at radius 2 is 2.04 bits per heavy atom. The molecule has 0 aliphatic heterocycles. The van der Waals surface area contributed by atoms with Crippen LogP contribution in [-0.2, 0) is 22.4 Å². The molecule has 1 aromatic heterocycles. The largest absolute Gasteiger partial charge is 0.450 e. The van der Waals surface area contributed by atoms with Gasteiger partial charge in [-0.1, -0.05) is 30.3 Å². The summed E-state index contributed by atoms with van der Waals surface area (Å²) in [4.78, 5) is 27.3. The van der Waals surface area contributed by atoms with Crippen LogP contribution in [0.25, 0.3) is 0 Å². The van der Waals surface area contributed by atoms with Crippen molar-refractivity contribution in [3.05, 3.63) is 47.0 Å². The van der Waals surface area contributed by atoms with E-state index in [0.717, 1.165) is 6.42 Å². The summed E-state index contributed by atoms with van der Waals surface area (Å²) in [5.74, 6) is -0.0890. The molecular weight excluding hydrogens is 314 g/mol. The van der Waals surface area contributed by atoms with Crippen molar-refractivity contribution in [2.75, 3.05) is 18.5 Å². The summed E-state index contributed by atoms with van der Waals surface area (Å²) in [6.45, 7) is 2.61. The molecule has 7 heteroatoms. The number of rotatable bonds is 7. The Balaban J connectivity index is 1.73. The molecule has 0 saturated heterocycles. The van der Waals surface area contributed by atoms with Crippen LogP contribution in [0.3, 0.4) is 0 Å². The molecule has 1 heterocycles. The van der Waals surface area contributed by atoms with E-state index in [0.29, 0.717) is 24.0 Å². The van der Waals surface area contributed by atoms with E-state index in [9.17, 15) is 9.59 Å². The van der Waals surface area contributed by atoms with E-state index in [4.69, 9.17) is 4.74 Å². The van der Waals surface area contributed by atoms with Gasteiger partial charge in [0.15, 0.2) is 5.13 Å². The number of aromatic nitrogens is 1. The fourth-order valence-electron chi connectivity index (χ4n) is 1.92. The smallest absolute Gasteiger partial charge is 0.413 e. The van der Waals surface area contributed by atoms with Crippen molar-refractivity contribution in [3.8, 4) is 0 Å². The van der Waals surface area contributed by atoms with Crippen molar-refractivity contribution >= 4 is 28.5 Å². The number of carbonyl (C=O) groups excluding carboxylic acids is 2. The third-order valence-corrected chi connectivity index (χ3v) is 3.76. The SMILES string of the molecule is CCOC(=O)Nc1nc(CC(=O)NCCc2ccccc2)cs1. The standard InChI is InChI=1S/C16H19N3O3S/c1-2-22-16(21)19-15-18-13(11-23-15)10-14(20)17-9-8-12-6-4-3-5-7-12/h3-7,11H,2,8-10H2,1H3,(H,17,20)(H,18,19,21). The lowest BCUT2D eigenvalue weighted by Crippen LogP contribution is -2.27. The van der Waals surface area contributed by atoms with Gasteiger partial charge in [-0.05, 0) is 18.9 Å². The molecule has 122 valence electrons. The minimum Gasteiger partial charge on any atom is -0.450 e. The van der Waals surface area contributed by atoms with E-state index in [1.807, 2.05) is 30.3 Å². The minimum absolute atomic E-state index is 0.0890. The van der Waals surface area contributed by atoms with Crippen LogP contribution < -0.4 is 10.6 Å². The lowest BCUT2D eigenvalue weighted by molar-refractivity contribution is -0.120. The van der Waals surface area contributed by atoms with Crippen LogP contribution in [0.15, 0.2) is 35.7 Å². The normalized spacial score (nSPS) is 10.1. The quantitative estimate of drug-likeness (QED) is 0.816. The Morgan fingerprint density at radius 1 is 1.26 bits per heavy atom. The molecule has 2 amide bonds. The molecule has 0 fully saturated rings. The van der Waals surface area contributed by atoms with Gasteiger partial charge in [0.2, 0.25) is 5.91 Å². The first kappa shape index (κ1) is 17.0. The molecule has 0 aliphatic rings. The minimum atomic E-state index is -0.541. The molecule has 0 atom stereocenters. The van der Waals surface area contributed by atoms with Crippen molar-refractivity contribution in [2.45, 2.75) is 19.8 Å². The predicted octanol–water partition coefficient (Wildman–Crippen LogP) is 2.61. The molecule has 0 unspecified atom stereocenters. The van der Waals surface area contributed by atoms with E-state index < -0.39 is 6.09 Å². The number of carbonyl (C=O) groups is 2. The van der Waals surface area contributed by atoms with Crippen LogP contribution in [0.2, 0.25) is 0 Å². The molecule has 0 saturated carbocycles. The molecular formula is C16H19N3O3S. The van der Waals surface area contributed by atoms with E-state index in [2.05, 4.69) is 15.6 Å². The predicted molar refractivity (Wildman–Crippen MR) is 89.6 cm³/mol. The molecule has 2 aromatic rings. The molecule has 2 rings (SSSR count). The summed E-state index contributed by atoms with van der Waals surface area (Å²) in [5, 5.41) is 7.55. The Bertz CT molecular complexity index is 643. The number of benzene rings is 1. The monoisotopic (exact) mass is 333 g/mol. The topological polar surface area (TPSA) is 80.3 Å². The van der Waals surface area contributed by atoms with Crippen LogP contribution in [0.4, 0.5) is 9.93 Å². The Kier molecular flexibility index (Phi) is 6.56. The highest BCUT2D eigenvalue weighted by atomic mass is 32.1. The molecule has 6 nitrogen and oxygen atoms in total. The van der Waals surface area contributed by atoms with Gasteiger partial charge >= 0.3 is 6.09 Å². The molecule has 2 N–H and O–H groups in total. The average molecular weight is 333 g/mol. The number of anilines is 1. The van der Waals surface area contributed by atoms with Gasteiger partial charge in [0.1, 0.15) is 0 Å². The van der Waals surface area contributed by atoms with E-state index in [-0.39, 0.29) is 12.3 Å². The van der Waals surface area contributed by atoms with E-state index in [1.165, 1.54) is 16.9 Å². The van der Waals surface area contributed by atoms with Crippen molar-refractivity contribution < 1.29 is 14.3 Å². The molecule has 0 aliphatic carbocycles. The van der Waals surface area contributed by atoms with Gasteiger partial charge in [-0.2, -0.15) is 0 Å². The number of thiazole rings is 1. The van der Waals surface area contributed by atoms with Crippen LogP contribution in [-0.4, -0.2) is 30.1 Å². The van der Waals surface area contributed by atoms with Gasteiger partial charge in [0.25, 0.3) is 0 Å². The number of nitrogens with zero attached hydrogens (tertiary/aromatic N) is 1. The summed E-state index contributed by atoms with van der Waals surface area (Å²) in [6.07, 6.45) is 0.440. The summed E-state index contributed by atoms with van der Waals surface area (Å²) in [7, 11) is 0. The van der Waals surface area contributed by atoms with E-state index >= 15 is 0 Å². The van der Waals surface area contributed by atoms with Gasteiger partial charge in [0, 0.05) is 11.9 Å². The number of hydrogen-bond donors (Lipinski definition) is 2.